The number of hydrogen-bond donors (Lipinski definition) is 5. The summed E-state index contributed by atoms with van der Waals surface area (Å²) in [6, 6.07) is -1.43. The van der Waals surface area contributed by atoms with Crippen molar-refractivity contribution in [2.45, 2.75) is 37.6 Å². The molecule has 5 atom stereocenters. The van der Waals surface area contributed by atoms with Crippen molar-refractivity contribution in [3.05, 3.63) is 0 Å². The van der Waals surface area contributed by atoms with Crippen molar-refractivity contribution in [1.82, 2.24) is 5.32 Å². The van der Waals surface area contributed by atoms with E-state index in [2.05, 4.69) is 9.50 Å². The smallest absolute Gasteiger partial charge is 0.394 e. The highest BCUT2D eigenvalue weighted by molar-refractivity contribution is 7.80. The topological polar surface area (TPSA) is 163 Å². The lowest BCUT2D eigenvalue weighted by molar-refractivity contribution is -0.244. The Morgan fingerprint density at radius 2 is 1.95 bits per heavy atom. The van der Waals surface area contributed by atoms with E-state index in [0.29, 0.717) is 0 Å². The van der Waals surface area contributed by atoms with E-state index in [0.717, 1.165) is 6.92 Å². The van der Waals surface area contributed by atoms with Gasteiger partial charge in [0.2, 0.25) is 12.2 Å². The summed E-state index contributed by atoms with van der Waals surface area (Å²) < 4.78 is 38.9. The fourth-order valence-corrected chi connectivity index (χ4v) is 2.08. The van der Waals surface area contributed by atoms with Crippen LogP contribution in [-0.4, -0.2) is 71.4 Å². The average Bonchev–Trinajstić information content (AvgIpc) is 2.26. The van der Waals surface area contributed by atoms with Gasteiger partial charge in [0, 0.05) is 6.92 Å². The van der Waals surface area contributed by atoms with Crippen LogP contribution in [0.2, 0.25) is 0 Å². The van der Waals surface area contributed by atoms with Crippen LogP contribution < -0.4 is 5.32 Å². The van der Waals surface area contributed by atoms with Crippen molar-refractivity contribution < 1.29 is 42.0 Å². The van der Waals surface area contributed by atoms with Crippen LogP contribution in [0.5, 0.6) is 0 Å². The Hall–Kier alpha value is -0.820. The van der Waals surface area contributed by atoms with Gasteiger partial charge in [-0.1, -0.05) is 0 Å². The fourth-order valence-electron chi connectivity index (χ4n) is 1.67. The summed E-state index contributed by atoms with van der Waals surface area (Å²) in [6.07, 6.45) is -6.33. The van der Waals surface area contributed by atoms with E-state index >= 15 is 0 Å². The molecule has 0 saturated carbocycles. The highest BCUT2D eigenvalue weighted by atomic mass is 32.3. The number of ether oxygens (including phenoxy) is 1. The highest BCUT2D eigenvalue weighted by Crippen LogP contribution is 2.23. The molecule has 5 N–H and O–H groups in total. The number of hydrogen-bond acceptors (Lipinski definition) is 8. The van der Waals surface area contributed by atoms with Crippen LogP contribution in [0.4, 0.5) is 0 Å². The van der Waals surface area contributed by atoms with Crippen molar-refractivity contribution in [1.29, 1.82) is 0 Å². The molecule has 0 bridgehead atoms. The van der Waals surface area contributed by atoms with E-state index in [-0.39, 0.29) is 0 Å². The third kappa shape index (κ3) is 4.35. The lowest BCUT2D eigenvalue weighted by Crippen LogP contribution is -2.64. The van der Waals surface area contributed by atoms with Gasteiger partial charge < -0.3 is 25.4 Å². The molecule has 1 aliphatic heterocycles. The van der Waals surface area contributed by atoms with Crippen molar-refractivity contribution in [3.8, 4) is 0 Å². The van der Waals surface area contributed by atoms with Crippen LogP contribution in [0.1, 0.15) is 6.92 Å². The maximum Gasteiger partial charge on any atom is 0.399 e. The zero-order valence-corrected chi connectivity index (χ0v) is 10.6. The number of carbonyl (C=O) groups excluding carboxylic acids is 1. The Bertz CT molecular complexity index is 424. The standard InChI is InChI=1S/C8H15NO9S/c1-3(11)9-5-7(13)6(12)4(2-10)17-8(5)18-19(14,15)16/h4-8,10,12-13H,2H2,1H3,(H,9,11)(H,14,15,16)/t4-,5-,6-,7-,8?/m1/s1. The molecular formula is C8H15NO9S. The van der Waals surface area contributed by atoms with E-state index in [1.165, 1.54) is 0 Å². The van der Waals surface area contributed by atoms with Crippen molar-refractivity contribution in [2.75, 3.05) is 6.61 Å². The van der Waals surface area contributed by atoms with Gasteiger partial charge >= 0.3 is 10.4 Å². The first kappa shape index (κ1) is 16.2. The van der Waals surface area contributed by atoms with Crippen molar-refractivity contribution in [2.24, 2.45) is 0 Å². The Balaban J connectivity index is 2.96. The minimum Gasteiger partial charge on any atom is -0.394 e. The van der Waals surface area contributed by atoms with Crippen LogP contribution in [0.3, 0.4) is 0 Å². The first-order valence-electron chi connectivity index (χ1n) is 5.21. The molecular weight excluding hydrogens is 286 g/mol. The van der Waals surface area contributed by atoms with Crippen LogP contribution in [0.15, 0.2) is 0 Å². The highest BCUT2D eigenvalue weighted by Gasteiger charge is 2.46. The zero-order valence-electron chi connectivity index (χ0n) is 9.83. The number of carbonyl (C=O) groups is 1. The zero-order chi connectivity index (χ0) is 14.8. The molecule has 0 spiro atoms. The number of aliphatic hydroxyl groups is 3. The summed E-state index contributed by atoms with van der Waals surface area (Å²) in [7, 11) is -4.92. The minimum atomic E-state index is -4.92. The van der Waals surface area contributed by atoms with Gasteiger partial charge in [0.05, 0.1) is 6.61 Å². The van der Waals surface area contributed by atoms with Crippen molar-refractivity contribution >= 4 is 16.3 Å². The molecule has 0 aromatic rings. The van der Waals surface area contributed by atoms with Gasteiger partial charge in [-0.15, -0.1) is 0 Å². The van der Waals surface area contributed by atoms with E-state index in [1.807, 2.05) is 0 Å². The quantitative estimate of drug-likeness (QED) is 0.335. The van der Waals surface area contributed by atoms with Gasteiger partial charge in [-0.25, -0.2) is 4.18 Å². The van der Waals surface area contributed by atoms with Crippen LogP contribution in [0.25, 0.3) is 0 Å². The predicted molar refractivity (Wildman–Crippen MR) is 58.0 cm³/mol. The monoisotopic (exact) mass is 301 g/mol. The lowest BCUT2D eigenvalue weighted by Gasteiger charge is -2.41. The van der Waals surface area contributed by atoms with E-state index in [4.69, 9.17) is 14.4 Å². The van der Waals surface area contributed by atoms with Gasteiger partial charge in [-0.05, 0) is 0 Å². The molecule has 1 saturated heterocycles. The number of rotatable bonds is 4. The van der Waals surface area contributed by atoms with Gasteiger partial charge in [0.1, 0.15) is 24.4 Å². The maximum atomic E-state index is 11.0. The SMILES string of the molecule is CC(=O)N[C@H]1C(OS(=O)(=O)O)O[C@H](CO)[C@@H](O)[C@@H]1O. The summed E-state index contributed by atoms with van der Waals surface area (Å²) in [6.45, 7) is 0.359. The fraction of sp³-hybridized carbons (Fsp3) is 0.875. The van der Waals surface area contributed by atoms with E-state index < -0.39 is 53.6 Å². The molecule has 11 heteroatoms. The van der Waals surface area contributed by atoms with Gasteiger partial charge in [-0.2, -0.15) is 8.42 Å². The third-order valence-corrected chi connectivity index (χ3v) is 2.90. The molecule has 0 radical (unpaired) electrons. The number of nitrogens with one attached hydrogen (secondary N) is 1. The average molecular weight is 301 g/mol. The molecule has 1 amide bonds. The second-order valence-electron chi connectivity index (χ2n) is 3.96. The molecule has 1 heterocycles. The summed E-state index contributed by atoms with van der Waals surface area (Å²) in [5.41, 5.74) is 0. The van der Waals surface area contributed by atoms with E-state index in [9.17, 15) is 23.4 Å². The minimum absolute atomic E-state index is 0.647. The van der Waals surface area contributed by atoms with Crippen LogP contribution in [0, 0.1) is 0 Å². The second-order valence-corrected chi connectivity index (χ2v) is 5.00. The molecule has 0 aromatic carbocycles. The molecule has 1 rings (SSSR count). The van der Waals surface area contributed by atoms with Crippen molar-refractivity contribution in [3.63, 3.8) is 0 Å². The molecule has 10 nitrogen and oxygen atoms in total. The largest absolute Gasteiger partial charge is 0.399 e. The first-order chi connectivity index (χ1) is 8.65. The molecule has 19 heavy (non-hydrogen) atoms. The lowest BCUT2D eigenvalue weighted by atomic mass is 9.97. The Labute approximate surface area is 108 Å². The first-order valence-corrected chi connectivity index (χ1v) is 6.57. The van der Waals surface area contributed by atoms with Gasteiger partial charge in [-0.3, -0.25) is 9.35 Å². The Kier molecular flexibility index (Phi) is 5.20. The molecule has 1 unspecified atom stereocenters. The summed E-state index contributed by atoms with van der Waals surface area (Å²) >= 11 is 0. The second kappa shape index (κ2) is 6.09. The Morgan fingerprint density at radius 3 is 2.37 bits per heavy atom. The van der Waals surface area contributed by atoms with Gasteiger partial charge in [0.15, 0.2) is 0 Å². The van der Waals surface area contributed by atoms with E-state index in [1.54, 1.807) is 0 Å². The summed E-state index contributed by atoms with van der Waals surface area (Å²) in [5, 5.41) is 30.4. The molecule has 0 aromatic heterocycles. The predicted octanol–water partition coefficient (Wildman–Crippen LogP) is -3.25. The number of amides is 1. The molecule has 112 valence electrons. The van der Waals surface area contributed by atoms with Crippen LogP contribution >= 0.6 is 0 Å². The molecule has 0 aliphatic carbocycles. The van der Waals surface area contributed by atoms with Crippen LogP contribution in [-0.2, 0) is 24.1 Å². The molecule has 1 fully saturated rings. The van der Waals surface area contributed by atoms with Gasteiger partial charge in [0.25, 0.3) is 0 Å². The maximum absolute atomic E-state index is 11.0. The third-order valence-electron chi connectivity index (χ3n) is 2.47. The summed E-state index contributed by atoms with van der Waals surface area (Å²) in [5.74, 6) is -0.647. The Morgan fingerprint density at radius 1 is 1.37 bits per heavy atom. The summed E-state index contributed by atoms with van der Waals surface area (Å²) in [4.78, 5) is 11.0. The normalized spacial score (nSPS) is 35.9. The number of aliphatic hydroxyl groups excluding tert-OH is 3. The molecule has 1 aliphatic rings.